The number of hydrazine groups is 1. The summed E-state index contributed by atoms with van der Waals surface area (Å²) >= 11 is 0. The topological polar surface area (TPSA) is 223 Å². The van der Waals surface area contributed by atoms with Gasteiger partial charge in [0, 0.05) is 93.8 Å². The van der Waals surface area contributed by atoms with Gasteiger partial charge in [-0.1, -0.05) is 51.1 Å². The molecule has 1 aromatic carbocycles. The maximum Gasteiger partial charge on any atom is 0.309 e. The number of nitrogens with zero attached hydrogens (tertiary/aromatic N) is 3. The molecule has 79 heavy (non-hydrogen) atoms. The summed E-state index contributed by atoms with van der Waals surface area (Å²) in [6, 6.07) is 9.51. The van der Waals surface area contributed by atoms with Crippen LogP contribution in [0.25, 0.3) is 0 Å². The molecule has 21 heteroatoms. The number of methoxy groups -OCH3 is 3. The first kappa shape index (κ1) is 67.2. The number of ether oxygens (including phenoxy) is 12. The first-order chi connectivity index (χ1) is 37.4. The Kier molecular flexibility index (Phi) is 27.5. The molecular weight excluding hydrogens is 1030 g/mol. The quantitative estimate of drug-likeness (QED) is 0.0576. The smallest absolute Gasteiger partial charge is 0.309 e. The van der Waals surface area contributed by atoms with Gasteiger partial charge in [0.15, 0.2) is 24.3 Å². The summed E-state index contributed by atoms with van der Waals surface area (Å²) < 4.78 is 75.7. The van der Waals surface area contributed by atoms with Crippen LogP contribution in [0.2, 0.25) is 0 Å². The zero-order valence-corrected chi connectivity index (χ0v) is 50.0. The van der Waals surface area contributed by atoms with Crippen molar-refractivity contribution in [1.29, 1.82) is 0 Å². The third-order valence-corrected chi connectivity index (χ3v) is 15.5. The number of esters is 6. The maximum absolute atomic E-state index is 14.3. The van der Waals surface area contributed by atoms with E-state index in [1.165, 1.54) is 47.7 Å². The Morgan fingerprint density at radius 2 is 1.44 bits per heavy atom. The van der Waals surface area contributed by atoms with Crippen LogP contribution in [0.1, 0.15) is 133 Å². The van der Waals surface area contributed by atoms with E-state index >= 15 is 0 Å². The van der Waals surface area contributed by atoms with E-state index in [0.717, 1.165) is 19.3 Å². The lowest BCUT2D eigenvalue weighted by molar-refractivity contribution is -0.320. The fraction of sp³-hybridized carbons (Fsp3) is 0.793. The molecule has 0 aromatic heterocycles. The Balaban J connectivity index is 1.93. The number of unbranched alkanes of at least 4 members (excludes halogenated alkanes) is 1. The number of likely N-dealkylation sites (N-methyl/N-ethyl adjacent to an activating group) is 1. The minimum atomic E-state index is -1.37. The Morgan fingerprint density at radius 1 is 0.797 bits per heavy atom. The molecule has 3 aliphatic rings. The van der Waals surface area contributed by atoms with E-state index in [4.69, 9.17) is 56.8 Å². The first-order valence-electron chi connectivity index (χ1n) is 28.2. The summed E-state index contributed by atoms with van der Waals surface area (Å²) in [7, 11) is 10.1. The number of benzene rings is 1. The molecule has 3 saturated heterocycles. The lowest BCUT2D eigenvalue weighted by Crippen LogP contribution is -2.68. The summed E-state index contributed by atoms with van der Waals surface area (Å²) in [5.41, 5.74) is -0.127. The van der Waals surface area contributed by atoms with Gasteiger partial charge in [-0.2, -0.15) is 0 Å². The molecule has 0 N–H and O–H groups in total. The molecule has 0 unspecified atom stereocenters. The Bertz CT molecular complexity index is 2060. The average molecular weight is 1120 g/mol. The number of hydrogen-bond acceptors (Lipinski definition) is 21. The van der Waals surface area contributed by atoms with Gasteiger partial charge in [0.05, 0.1) is 31.2 Å². The van der Waals surface area contributed by atoms with E-state index in [0.29, 0.717) is 32.5 Å². The molecule has 0 saturated carbocycles. The number of rotatable bonds is 21. The van der Waals surface area contributed by atoms with E-state index in [1.807, 2.05) is 65.0 Å². The van der Waals surface area contributed by atoms with Gasteiger partial charge in [-0.25, -0.2) is 10.0 Å². The van der Waals surface area contributed by atoms with Crippen LogP contribution in [-0.4, -0.2) is 198 Å². The second kappa shape index (κ2) is 32.4. The molecule has 3 fully saturated rings. The number of carbonyl (C=O) groups excluding carboxylic acids is 6. The van der Waals surface area contributed by atoms with Crippen LogP contribution in [0.4, 0.5) is 0 Å². The normalized spacial score (nSPS) is 32.9. The molecule has 450 valence electrons. The number of aryl methyl sites for hydroxylation is 1. The van der Waals surface area contributed by atoms with E-state index < -0.39 is 139 Å². The summed E-state index contributed by atoms with van der Waals surface area (Å²) in [5.74, 6) is -5.33. The first-order valence-corrected chi connectivity index (χ1v) is 28.2. The van der Waals surface area contributed by atoms with Crippen molar-refractivity contribution < 1.29 is 85.6 Å². The molecular formula is C58H95N3O18. The van der Waals surface area contributed by atoms with Crippen LogP contribution in [-0.2, 0) is 92.0 Å². The van der Waals surface area contributed by atoms with Crippen LogP contribution in [0.15, 0.2) is 30.3 Å². The number of carbonyl (C=O) groups is 6. The third-order valence-electron chi connectivity index (χ3n) is 15.5. The maximum atomic E-state index is 14.3. The second-order valence-corrected chi connectivity index (χ2v) is 22.0. The van der Waals surface area contributed by atoms with Gasteiger partial charge in [-0.15, -0.1) is 0 Å². The molecule has 16 atom stereocenters. The van der Waals surface area contributed by atoms with E-state index in [2.05, 4.69) is 22.2 Å². The minimum Gasteiger partial charge on any atom is -0.463 e. The average Bonchev–Trinajstić information content (AvgIpc) is 3.53. The van der Waals surface area contributed by atoms with Gasteiger partial charge >= 0.3 is 35.8 Å². The molecule has 0 spiro atoms. The predicted molar refractivity (Wildman–Crippen MR) is 290 cm³/mol. The highest BCUT2D eigenvalue weighted by atomic mass is 16.7. The van der Waals surface area contributed by atoms with Gasteiger partial charge in [-0.3, -0.25) is 28.8 Å². The second-order valence-electron chi connectivity index (χ2n) is 22.0. The predicted octanol–water partition coefficient (Wildman–Crippen LogP) is 6.23. The Labute approximate surface area is 469 Å². The largest absolute Gasteiger partial charge is 0.463 e. The van der Waals surface area contributed by atoms with E-state index in [1.54, 1.807) is 27.7 Å². The minimum absolute atomic E-state index is 0.0208. The summed E-state index contributed by atoms with van der Waals surface area (Å²) in [6.45, 7) is 17.8. The van der Waals surface area contributed by atoms with Gasteiger partial charge < -0.3 is 61.7 Å². The van der Waals surface area contributed by atoms with E-state index in [-0.39, 0.29) is 31.6 Å². The molecule has 0 radical (unpaired) electrons. The van der Waals surface area contributed by atoms with Gasteiger partial charge in [0.2, 0.25) is 0 Å². The van der Waals surface area contributed by atoms with E-state index in [9.17, 15) is 28.8 Å². The highest BCUT2D eigenvalue weighted by Gasteiger charge is 2.58. The van der Waals surface area contributed by atoms with Crippen LogP contribution in [0, 0.1) is 17.8 Å². The van der Waals surface area contributed by atoms with Crippen LogP contribution in [0.3, 0.4) is 0 Å². The van der Waals surface area contributed by atoms with Crippen LogP contribution >= 0.6 is 0 Å². The van der Waals surface area contributed by atoms with Crippen molar-refractivity contribution in [3.8, 4) is 0 Å². The third kappa shape index (κ3) is 20.0. The van der Waals surface area contributed by atoms with Crippen molar-refractivity contribution in [3.63, 3.8) is 0 Å². The van der Waals surface area contributed by atoms with Crippen LogP contribution < -0.4 is 0 Å². The Hall–Kier alpha value is -4.32. The fourth-order valence-electron chi connectivity index (χ4n) is 11.7. The molecule has 1 aromatic rings. The zero-order valence-electron chi connectivity index (χ0n) is 50.0. The standard InChI is InChI=1S/C58H95N3O18/c1-17-46(65)76-44-32-48(67)71-36(4)27-29-60(13)61(28-23-22-26-42-24-20-19-21-25-42)34-45(74-39(7)62)35(3)30-43(31-49(68-14)69-15)51(54(44)70-16)55-56(75-40(8)63)52(59(11)12)53(37(5)73-55)78-50-33-58(10,79-41(9)64)57(38(6)72-50)77-47(66)18-2/h19-21,24-25,35-38,43-45,49-57H,17-18,22-23,26-34H2,1-16H3/t35-,36-,37-,38+,43-,44-,45+,50+,51+,52+,53-,54-,55+,56-,57+,58-/m1/s1. The van der Waals surface area contributed by atoms with Crippen molar-refractivity contribution in [3.05, 3.63) is 35.9 Å². The van der Waals surface area contributed by atoms with Crippen molar-refractivity contribution >= 4 is 35.8 Å². The fourth-order valence-corrected chi connectivity index (χ4v) is 11.7. The van der Waals surface area contributed by atoms with Crippen molar-refractivity contribution in [2.45, 2.75) is 219 Å². The molecule has 3 aliphatic heterocycles. The zero-order chi connectivity index (χ0) is 58.7. The van der Waals surface area contributed by atoms with Gasteiger partial charge in [-0.05, 0) is 91.3 Å². The molecule has 0 bridgehead atoms. The monoisotopic (exact) mass is 1120 g/mol. The summed E-state index contributed by atoms with van der Waals surface area (Å²) in [5, 5.41) is 4.29. The van der Waals surface area contributed by atoms with Crippen LogP contribution in [0.5, 0.6) is 0 Å². The Morgan fingerprint density at radius 3 is 2.03 bits per heavy atom. The number of hydrogen-bond donors (Lipinski definition) is 0. The van der Waals surface area contributed by atoms with Crippen molar-refractivity contribution in [2.75, 3.05) is 62.1 Å². The molecule has 0 aliphatic carbocycles. The van der Waals surface area contributed by atoms with Crippen molar-refractivity contribution in [2.24, 2.45) is 17.8 Å². The van der Waals surface area contributed by atoms with Gasteiger partial charge in [0.25, 0.3) is 0 Å². The summed E-state index contributed by atoms with van der Waals surface area (Å²) in [4.78, 5) is 81.9. The lowest BCUT2D eigenvalue weighted by Gasteiger charge is -2.54. The molecule has 0 amide bonds. The van der Waals surface area contributed by atoms with Crippen molar-refractivity contribution in [1.82, 2.24) is 14.9 Å². The lowest BCUT2D eigenvalue weighted by atomic mass is 9.70. The highest BCUT2D eigenvalue weighted by molar-refractivity contribution is 5.73. The highest BCUT2D eigenvalue weighted by Crippen LogP contribution is 2.44. The molecule has 3 heterocycles. The SMILES string of the molecule is CCC(=O)O[C@@H]1CC(=O)O[C@H](C)CCN(C)N(CCCCc2ccccc2)C[C@H](OC(C)=O)[C@H](C)C[C@H](CC(OC)OC)[C@H]([C@@H]2O[C@H](C)[C@@H](O[C@H]3C[C@@](C)(OC(C)=O)[C@@H](OC(=O)CC)[C@H](C)O3)[C@H](N(C)C)[C@H]2OC(C)=O)[C@@H]1OC. The molecule has 4 rings (SSSR count). The molecule has 21 nitrogen and oxygen atoms in total. The number of cyclic esters (lactones) is 1. The summed E-state index contributed by atoms with van der Waals surface area (Å²) in [6.07, 6.45) is -8.07. The van der Waals surface area contributed by atoms with Gasteiger partial charge in [0.1, 0.15) is 42.7 Å².